The molecule has 0 radical (unpaired) electrons. The minimum absolute atomic E-state index is 0.0488. The molecule has 0 amide bonds. The van der Waals surface area contributed by atoms with Crippen LogP contribution in [-0.4, -0.2) is 20.1 Å². The summed E-state index contributed by atoms with van der Waals surface area (Å²) >= 11 is 0. The first kappa shape index (κ1) is 13.7. The van der Waals surface area contributed by atoms with E-state index in [1.807, 2.05) is 31.2 Å². The lowest BCUT2D eigenvalue weighted by Gasteiger charge is -2.09. The van der Waals surface area contributed by atoms with E-state index in [4.69, 9.17) is 4.74 Å². The van der Waals surface area contributed by atoms with Gasteiger partial charge >= 0.3 is 0 Å². The fourth-order valence-corrected chi connectivity index (χ4v) is 3.77. The van der Waals surface area contributed by atoms with Gasteiger partial charge in [-0.15, -0.1) is 0 Å². The highest BCUT2D eigenvalue weighted by atomic mass is 32.2. The highest BCUT2D eigenvalue weighted by Crippen LogP contribution is 2.39. The summed E-state index contributed by atoms with van der Waals surface area (Å²) < 4.78 is 29.7. The Balaban J connectivity index is 1.89. The molecule has 0 spiro atoms. The van der Waals surface area contributed by atoms with Crippen molar-refractivity contribution in [2.24, 2.45) is 0 Å². The Bertz CT molecular complexity index is 818. The van der Waals surface area contributed by atoms with E-state index in [1.54, 1.807) is 0 Å². The number of rotatable bonds is 3. The van der Waals surface area contributed by atoms with E-state index in [-0.39, 0.29) is 17.3 Å². The lowest BCUT2D eigenvalue weighted by atomic mass is 10.1. The Kier molecular flexibility index (Phi) is 3.22. The van der Waals surface area contributed by atoms with Crippen LogP contribution in [0.5, 0.6) is 11.5 Å². The van der Waals surface area contributed by atoms with E-state index in [1.165, 1.54) is 18.2 Å². The zero-order valence-electron chi connectivity index (χ0n) is 11.4. The molecule has 0 aliphatic carbocycles. The molecule has 0 fully saturated rings. The molecule has 0 saturated heterocycles. The number of hydrogen-bond acceptors (Lipinski definition) is 4. The van der Waals surface area contributed by atoms with Crippen LogP contribution in [0.4, 0.5) is 0 Å². The van der Waals surface area contributed by atoms with Crippen LogP contribution in [0.25, 0.3) is 5.57 Å². The van der Waals surface area contributed by atoms with Gasteiger partial charge in [-0.2, -0.15) is 0 Å². The smallest absolute Gasteiger partial charge is 0.200 e. The first-order valence-electron chi connectivity index (χ1n) is 6.45. The van der Waals surface area contributed by atoms with Crippen molar-refractivity contribution in [3.63, 3.8) is 0 Å². The molecule has 1 heterocycles. The molecule has 3 rings (SSSR count). The maximum Gasteiger partial charge on any atom is 0.200 e. The van der Waals surface area contributed by atoms with Crippen molar-refractivity contribution < 1.29 is 18.3 Å². The third-order valence-electron chi connectivity index (χ3n) is 3.34. The third kappa shape index (κ3) is 2.52. The number of phenols is 1. The summed E-state index contributed by atoms with van der Waals surface area (Å²) in [6.45, 7) is 2.07. The predicted molar refractivity (Wildman–Crippen MR) is 79.9 cm³/mol. The lowest BCUT2D eigenvalue weighted by molar-refractivity contribution is 0.368. The Hall–Kier alpha value is -2.27. The topological polar surface area (TPSA) is 63.6 Å². The highest BCUT2D eigenvalue weighted by molar-refractivity contribution is 7.95. The van der Waals surface area contributed by atoms with Crippen molar-refractivity contribution in [1.29, 1.82) is 0 Å². The van der Waals surface area contributed by atoms with Crippen molar-refractivity contribution in [3.8, 4) is 11.5 Å². The van der Waals surface area contributed by atoms with Crippen LogP contribution in [0.1, 0.15) is 11.1 Å². The number of benzene rings is 2. The largest absolute Gasteiger partial charge is 0.507 e. The number of aromatic hydroxyl groups is 1. The monoisotopic (exact) mass is 302 g/mol. The normalized spacial score (nSPS) is 15.4. The Morgan fingerprint density at radius 3 is 2.52 bits per heavy atom. The zero-order valence-corrected chi connectivity index (χ0v) is 12.2. The van der Waals surface area contributed by atoms with Crippen molar-refractivity contribution in [1.82, 2.24) is 0 Å². The first-order valence-corrected chi connectivity index (χ1v) is 7.99. The van der Waals surface area contributed by atoms with Gasteiger partial charge in [0.15, 0.2) is 0 Å². The van der Waals surface area contributed by atoms with Crippen molar-refractivity contribution in [2.75, 3.05) is 6.61 Å². The predicted octanol–water partition coefficient (Wildman–Crippen LogP) is 2.91. The molecule has 2 aromatic rings. The van der Waals surface area contributed by atoms with Gasteiger partial charge in [0.05, 0.1) is 4.90 Å². The van der Waals surface area contributed by atoms with Gasteiger partial charge in [0.1, 0.15) is 18.1 Å². The molecule has 2 aromatic carbocycles. The Morgan fingerprint density at radius 2 is 1.81 bits per heavy atom. The molecule has 0 unspecified atom stereocenters. The quantitative estimate of drug-likeness (QED) is 0.947. The highest BCUT2D eigenvalue weighted by Gasteiger charge is 2.29. The van der Waals surface area contributed by atoms with E-state index < -0.39 is 9.84 Å². The number of ether oxygens (including phenoxy) is 1. The molecule has 108 valence electrons. The first-order chi connectivity index (χ1) is 9.97. The van der Waals surface area contributed by atoms with Crippen LogP contribution in [-0.2, 0) is 9.84 Å². The zero-order chi connectivity index (χ0) is 15.0. The van der Waals surface area contributed by atoms with E-state index in [0.29, 0.717) is 16.9 Å². The lowest BCUT2D eigenvalue weighted by Crippen LogP contribution is -1.99. The fourth-order valence-electron chi connectivity index (χ4n) is 2.29. The minimum atomic E-state index is -3.49. The average molecular weight is 302 g/mol. The number of sulfone groups is 1. The molecule has 0 atom stereocenters. The summed E-state index contributed by atoms with van der Waals surface area (Å²) in [7, 11) is -3.49. The van der Waals surface area contributed by atoms with Crippen LogP contribution in [0.3, 0.4) is 0 Å². The second kappa shape index (κ2) is 4.93. The second-order valence-electron chi connectivity index (χ2n) is 4.94. The molecule has 4 nitrogen and oxygen atoms in total. The molecule has 1 aliphatic rings. The summed E-state index contributed by atoms with van der Waals surface area (Å²) in [5.41, 5.74) is 1.92. The molecule has 0 bridgehead atoms. The van der Waals surface area contributed by atoms with Crippen LogP contribution in [0.2, 0.25) is 0 Å². The molecule has 5 heteroatoms. The van der Waals surface area contributed by atoms with Gasteiger partial charge in [0, 0.05) is 16.5 Å². The van der Waals surface area contributed by atoms with E-state index >= 15 is 0 Å². The molecule has 1 N–H and O–H groups in total. The number of fused-ring (bicyclic) bond motifs is 1. The van der Waals surface area contributed by atoms with Crippen LogP contribution < -0.4 is 4.74 Å². The second-order valence-corrected chi connectivity index (χ2v) is 6.71. The molecule has 0 saturated carbocycles. The van der Waals surface area contributed by atoms with Crippen LogP contribution in [0.15, 0.2) is 52.8 Å². The SMILES string of the molecule is Cc1ccc(OCC2=CS(=O)(=O)c3cccc(O)c32)cc1. The van der Waals surface area contributed by atoms with Gasteiger partial charge in [-0.3, -0.25) is 0 Å². The number of phenolic OH excluding ortho intramolecular Hbond substituents is 1. The number of hydrogen-bond donors (Lipinski definition) is 1. The van der Waals surface area contributed by atoms with Crippen molar-refractivity contribution in [2.45, 2.75) is 11.8 Å². The molecular formula is C16H14O4S. The van der Waals surface area contributed by atoms with Gasteiger partial charge < -0.3 is 9.84 Å². The maximum absolute atomic E-state index is 12.0. The van der Waals surface area contributed by atoms with E-state index in [2.05, 4.69) is 0 Å². The van der Waals surface area contributed by atoms with Crippen LogP contribution >= 0.6 is 0 Å². The van der Waals surface area contributed by atoms with Gasteiger partial charge in [-0.1, -0.05) is 23.8 Å². The van der Waals surface area contributed by atoms with Gasteiger partial charge in [-0.05, 0) is 31.2 Å². The maximum atomic E-state index is 12.0. The van der Waals surface area contributed by atoms with Crippen molar-refractivity contribution in [3.05, 3.63) is 59.0 Å². The standard InChI is InChI=1S/C16H14O4S/c1-11-5-7-13(8-6-11)20-9-12-10-21(18,19)15-4-2-3-14(17)16(12)15/h2-8,10,17H,9H2,1H3. The number of aryl methyl sites for hydroxylation is 1. The fraction of sp³-hybridized carbons (Fsp3) is 0.125. The van der Waals surface area contributed by atoms with Gasteiger partial charge in [-0.25, -0.2) is 8.42 Å². The van der Waals surface area contributed by atoms with E-state index in [9.17, 15) is 13.5 Å². The van der Waals surface area contributed by atoms with Crippen molar-refractivity contribution >= 4 is 15.4 Å². The average Bonchev–Trinajstić information content (AvgIpc) is 2.71. The molecular weight excluding hydrogens is 288 g/mol. The van der Waals surface area contributed by atoms with Gasteiger partial charge in [0.25, 0.3) is 0 Å². The van der Waals surface area contributed by atoms with E-state index in [0.717, 1.165) is 11.0 Å². The molecule has 0 aromatic heterocycles. The summed E-state index contributed by atoms with van der Waals surface area (Å²) in [6, 6.07) is 12.0. The summed E-state index contributed by atoms with van der Waals surface area (Å²) in [4.78, 5) is 0.130. The Morgan fingerprint density at radius 1 is 1.10 bits per heavy atom. The van der Waals surface area contributed by atoms with Crippen LogP contribution in [0, 0.1) is 6.92 Å². The summed E-state index contributed by atoms with van der Waals surface area (Å²) in [5, 5.41) is 11.1. The summed E-state index contributed by atoms with van der Waals surface area (Å²) in [6.07, 6.45) is 0. The summed E-state index contributed by atoms with van der Waals surface area (Å²) in [5.74, 6) is 0.607. The Labute approximate surface area is 123 Å². The molecule has 1 aliphatic heterocycles. The minimum Gasteiger partial charge on any atom is -0.507 e. The third-order valence-corrected chi connectivity index (χ3v) is 4.89. The van der Waals surface area contributed by atoms with Gasteiger partial charge in [0.2, 0.25) is 9.84 Å². The molecule has 21 heavy (non-hydrogen) atoms.